The fraction of sp³-hybridized carbons (Fsp3) is 0.100. The molecule has 1 aromatic heterocycles. The van der Waals surface area contributed by atoms with Crippen LogP contribution in [0.2, 0.25) is 0 Å². The zero-order valence-electron chi connectivity index (χ0n) is 14.3. The number of benzene rings is 2. The van der Waals surface area contributed by atoms with Crippen molar-refractivity contribution in [1.29, 1.82) is 0 Å². The van der Waals surface area contributed by atoms with Gasteiger partial charge in [0, 0.05) is 11.8 Å². The minimum Gasteiger partial charge on any atom is -0.477 e. The Labute approximate surface area is 155 Å². The summed E-state index contributed by atoms with van der Waals surface area (Å²) in [6.07, 6.45) is 5.20. The van der Waals surface area contributed by atoms with Gasteiger partial charge in [-0.3, -0.25) is 4.79 Å². The minimum absolute atomic E-state index is 0.0906. The molecule has 0 bridgehead atoms. The molecule has 0 fully saturated rings. The number of aromatic carboxylic acids is 1. The predicted molar refractivity (Wildman–Crippen MR) is 93.6 cm³/mol. The highest BCUT2D eigenvalue weighted by atomic mass is 19.2. The van der Waals surface area contributed by atoms with Crippen molar-refractivity contribution in [3.63, 3.8) is 0 Å². The SMILES string of the molecule is C#Cc1c(F)c(F)cc2c(=O)c(C(=O)O)c(CC)n(-c3ccc(F)cc3F)c12. The van der Waals surface area contributed by atoms with Gasteiger partial charge in [0.1, 0.15) is 17.2 Å². The van der Waals surface area contributed by atoms with Crippen molar-refractivity contribution >= 4 is 16.9 Å². The standard InChI is InChI=1S/C20H11F4NO3/c1-3-10-17(24)13(23)8-11-18(10)25(15-6-5-9(21)7-12(15)22)14(4-2)16(19(11)26)20(27)28/h1,5-8H,4H2,2H3,(H,27,28). The molecule has 142 valence electrons. The number of carboxylic acids is 1. The van der Waals surface area contributed by atoms with E-state index in [2.05, 4.69) is 0 Å². The van der Waals surface area contributed by atoms with Crippen LogP contribution in [0, 0.1) is 35.6 Å². The molecule has 0 aliphatic rings. The average molecular weight is 389 g/mol. The van der Waals surface area contributed by atoms with Crippen LogP contribution < -0.4 is 5.43 Å². The third kappa shape index (κ3) is 2.72. The molecular formula is C20H11F4NO3. The maximum absolute atomic E-state index is 14.5. The molecule has 0 saturated heterocycles. The van der Waals surface area contributed by atoms with Crippen molar-refractivity contribution in [2.75, 3.05) is 0 Å². The third-order valence-corrected chi connectivity index (χ3v) is 4.29. The Balaban J connectivity index is 2.74. The number of carbonyl (C=O) groups is 1. The lowest BCUT2D eigenvalue weighted by Crippen LogP contribution is -2.25. The highest BCUT2D eigenvalue weighted by molar-refractivity contribution is 5.96. The van der Waals surface area contributed by atoms with Crippen molar-refractivity contribution in [3.05, 3.63) is 74.6 Å². The fourth-order valence-corrected chi connectivity index (χ4v) is 3.15. The number of terminal acetylenes is 1. The van der Waals surface area contributed by atoms with Crippen molar-refractivity contribution in [3.8, 4) is 18.0 Å². The molecule has 1 N–H and O–H groups in total. The summed E-state index contributed by atoms with van der Waals surface area (Å²) in [7, 11) is 0. The Hall–Kier alpha value is -3.60. The smallest absolute Gasteiger partial charge is 0.341 e. The summed E-state index contributed by atoms with van der Waals surface area (Å²) in [6, 6.07) is 2.94. The van der Waals surface area contributed by atoms with Crippen LogP contribution in [-0.2, 0) is 6.42 Å². The van der Waals surface area contributed by atoms with Gasteiger partial charge in [-0.25, -0.2) is 22.4 Å². The second kappa shape index (κ2) is 6.85. The highest BCUT2D eigenvalue weighted by Gasteiger charge is 2.27. The highest BCUT2D eigenvalue weighted by Crippen LogP contribution is 2.29. The van der Waals surface area contributed by atoms with Crippen LogP contribution in [0.3, 0.4) is 0 Å². The van der Waals surface area contributed by atoms with Crippen LogP contribution in [-0.4, -0.2) is 15.6 Å². The van der Waals surface area contributed by atoms with Crippen LogP contribution in [0.5, 0.6) is 0 Å². The summed E-state index contributed by atoms with van der Waals surface area (Å²) < 4.78 is 57.1. The molecule has 0 aliphatic carbocycles. The zero-order chi connectivity index (χ0) is 20.7. The summed E-state index contributed by atoms with van der Waals surface area (Å²) >= 11 is 0. The second-order valence-electron chi connectivity index (χ2n) is 5.83. The summed E-state index contributed by atoms with van der Waals surface area (Å²) in [6.45, 7) is 1.49. The van der Waals surface area contributed by atoms with E-state index in [4.69, 9.17) is 6.42 Å². The maximum atomic E-state index is 14.5. The second-order valence-corrected chi connectivity index (χ2v) is 5.83. The molecule has 0 aliphatic heterocycles. The molecule has 1 heterocycles. The molecule has 0 amide bonds. The van der Waals surface area contributed by atoms with E-state index in [-0.39, 0.29) is 23.3 Å². The number of fused-ring (bicyclic) bond motifs is 1. The van der Waals surface area contributed by atoms with Gasteiger partial charge in [-0.2, -0.15) is 0 Å². The Morgan fingerprint density at radius 1 is 1.18 bits per heavy atom. The van der Waals surface area contributed by atoms with E-state index in [1.807, 2.05) is 5.92 Å². The average Bonchev–Trinajstić information content (AvgIpc) is 2.63. The normalized spacial score (nSPS) is 10.9. The Kier molecular flexibility index (Phi) is 4.69. The maximum Gasteiger partial charge on any atom is 0.341 e. The summed E-state index contributed by atoms with van der Waals surface area (Å²) in [4.78, 5) is 24.4. The van der Waals surface area contributed by atoms with Gasteiger partial charge in [0.05, 0.1) is 22.2 Å². The molecule has 28 heavy (non-hydrogen) atoms. The van der Waals surface area contributed by atoms with Crippen LogP contribution in [0.1, 0.15) is 28.5 Å². The molecule has 3 rings (SSSR count). The number of nitrogens with zero attached hydrogens (tertiary/aromatic N) is 1. The van der Waals surface area contributed by atoms with Gasteiger partial charge in [-0.1, -0.05) is 12.8 Å². The van der Waals surface area contributed by atoms with Gasteiger partial charge in [0.2, 0.25) is 5.43 Å². The monoisotopic (exact) mass is 389 g/mol. The van der Waals surface area contributed by atoms with Crippen molar-refractivity contribution < 1.29 is 27.5 Å². The van der Waals surface area contributed by atoms with Gasteiger partial charge in [0.15, 0.2) is 11.6 Å². The van der Waals surface area contributed by atoms with Crippen LogP contribution >= 0.6 is 0 Å². The molecule has 8 heteroatoms. The van der Waals surface area contributed by atoms with E-state index in [1.54, 1.807) is 0 Å². The van der Waals surface area contributed by atoms with Crippen molar-refractivity contribution in [2.45, 2.75) is 13.3 Å². The molecular weight excluding hydrogens is 378 g/mol. The summed E-state index contributed by atoms with van der Waals surface area (Å²) in [5.74, 6) is -4.62. The molecule has 3 aromatic rings. The molecule has 0 unspecified atom stereocenters. The van der Waals surface area contributed by atoms with Crippen molar-refractivity contribution in [1.82, 2.24) is 4.57 Å². The first-order chi connectivity index (χ1) is 13.2. The number of hydrogen-bond donors (Lipinski definition) is 1. The first-order valence-electron chi connectivity index (χ1n) is 7.97. The lowest BCUT2D eigenvalue weighted by Gasteiger charge is -2.20. The number of pyridine rings is 1. The molecule has 0 atom stereocenters. The largest absolute Gasteiger partial charge is 0.477 e. The predicted octanol–water partition coefficient (Wildman–Crippen LogP) is 3.79. The summed E-state index contributed by atoms with van der Waals surface area (Å²) in [5, 5.41) is 8.96. The summed E-state index contributed by atoms with van der Waals surface area (Å²) in [5.41, 5.74) is -3.45. The van der Waals surface area contributed by atoms with Crippen LogP contribution in [0.4, 0.5) is 17.6 Å². The number of hydrogen-bond acceptors (Lipinski definition) is 2. The number of rotatable bonds is 3. The van der Waals surface area contributed by atoms with Gasteiger partial charge in [-0.15, -0.1) is 6.42 Å². The van der Waals surface area contributed by atoms with Gasteiger partial charge in [-0.05, 0) is 24.6 Å². The van der Waals surface area contributed by atoms with E-state index in [1.165, 1.54) is 6.92 Å². The fourth-order valence-electron chi connectivity index (χ4n) is 3.15. The first kappa shape index (κ1) is 19.2. The zero-order valence-corrected chi connectivity index (χ0v) is 14.3. The Morgan fingerprint density at radius 2 is 1.86 bits per heavy atom. The van der Waals surface area contributed by atoms with E-state index in [0.717, 1.165) is 16.7 Å². The molecule has 4 nitrogen and oxygen atoms in total. The van der Waals surface area contributed by atoms with Gasteiger partial charge < -0.3 is 9.67 Å². The van der Waals surface area contributed by atoms with Gasteiger partial charge in [0.25, 0.3) is 0 Å². The quantitative estimate of drug-likeness (QED) is 0.548. The van der Waals surface area contributed by atoms with E-state index < -0.39 is 51.2 Å². The lowest BCUT2D eigenvalue weighted by molar-refractivity contribution is 0.0693. The third-order valence-electron chi connectivity index (χ3n) is 4.29. The van der Waals surface area contributed by atoms with E-state index in [9.17, 15) is 32.3 Å². The molecule has 0 saturated carbocycles. The first-order valence-corrected chi connectivity index (χ1v) is 7.97. The van der Waals surface area contributed by atoms with Gasteiger partial charge >= 0.3 is 5.97 Å². The van der Waals surface area contributed by atoms with E-state index in [0.29, 0.717) is 12.1 Å². The Morgan fingerprint density at radius 3 is 2.39 bits per heavy atom. The van der Waals surface area contributed by atoms with Crippen molar-refractivity contribution in [2.24, 2.45) is 0 Å². The Bertz CT molecular complexity index is 1260. The molecule has 0 radical (unpaired) electrons. The molecule has 2 aromatic carbocycles. The lowest BCUT2D eigenvalue weighted by atomic mass is 10.0. The van der Waals surface area contributed by atoms with Crippen LogP contribution in [0.15, 0.2) is 29.1 Å². The number of carboxylic acid groups (broad SMARTS) is 1. The minimum atomic E-state index is -1.63. The van der Waals surface area contributed by atoms with E-state index >= 15 is 0 Å². The number of halogens is 4. The number of aromatic nitrogens is 1. The molecule has 0 spiro atoms. The van der Waals surface area contributed by atoms with Crippen LogP contribution in [0.25, 0.3) is 16.6 Å². The topological polar surface area (TPSA) is 59.3 Å².